The molecule has 0 bridgehead atoms. The summed E-state index contributed by atoms with van der Waals surface area (Å²) < 4.78 is 2.18. The number of aromatic nitrogens is 3. The van der Waals surface area contributed by atoms with E-state index in [0.29, 0.717) is 12.0 Å². The van der Waals surface area contributed by atoms with Crippen molar-refractivity contribution in [2.24, 2.45) is 11.8 Å². The van der Waals surface area contributed by atoms with Crippen LogP contribution in [0.15, 0.2) is 6.33 Å². The maximum Gasteiger partial charge on any atom is 0.307 e. The van der Waals surface area contributed by atoms with Crippen LogP contribution in [0.2, 0.25) is 0 Å². The predicted octanol–water partition coefficient (Wildman–Crippen LogP) is 3.00. The molecule has 0 spiro atoms. The van der Waals surface area contributed by atoms with Gasteiger partial charge in [-0.25, -0.2) is 0 Å². The van der Waals surface area contributed by atoms with Crippen molar-refractivity contribution in [2.45, 2.75) is 63.8 Å². The highest BCUT2D eigenvalue weighted by Crippen LogP contribution is 2.43. The summed E-state index contributed by atoms with van der Waals surface area (Å²) in [5.41, 5.74) is 0. The third-order valence-electron chi connectivity index (χ3n) is 5.02. The maximum absolute atomic E-state index is 11.5. The maximum atomic E-state index is 11.5. The molecule has 0 amide bonds. The lowest BCUT2D eigenvalue weighted by atomic mass is 9.92. The number of hydrogen-bond acceptors (Lipinski definition) is 3. The van der Waals surface area contributed by atoms with Crippen LogP contribution in [0.5, 0.6) is 0 Å². The minimum Gasteiger partial charge on any atom is -0.481 e. The zero-order valence-electron chi connectivity index (χ0n) is 12.0. The van der Waals surface area contributed by atoms with Crippen molar-refractivity contribution in [3.63, 3.8) is 0 Å². The van der Waals surface area contributed by atoms with Gasteiger partial charge >= 0.3 is 5.97 Å². The SMILES string of the molecule is CC1CC(C(=O)O)C(c2nncn2C2CCCCC2)C1. The predicted molar refractivity (Wildman–Crippen MR) is 74.4 cm³/mol. The second kappa shape index (κ2) is 5.54. The summed E-state index contributed by atoms with van der Waals surface area (Å²) in [6, 6.07) is 0.471. The Bertz CT molecular complexity index is 479. The van der Waals surface area contributed by atoms with Gasteiger partial charge in [0.2, 0.25) is 0 Å². The van der Waals surface area contributed by atoms with Gasteiger partial charge in [0.1, 0.15) is 12.2 Å². The number of aliphatic carboxylic acids is 1. The fraction of sp³-hybridized carbons (Fsp3) is 0.800. The van der Waals surface area contributed by atoms with Gasteiger partial charge in [0, 0.05) is 12.0 Å². The molecule has 3 rings (SSSR count). The quantitative estimate of drug-likeness (QED) is 0.922. The Kier molecular flexibility index (Phi) is 3.76. The van der Waals surface area contributed by atoms with E-state index in [4.69, 9.17) is 0 Å². The van der Waals surface area contributed by atoms with Gasteiger partial charge in [0.05, 0.1) is 5.92 Å². The van der Waals surface area contributed by atoms with Gasteiger partial charge in [-0.15, -0.1) is 10.2 Å². The number of hydrogen-bond donors (Lipinski definition) is 1. The van der Waals surface area contributed by atoms with Crippen molar-refractivity contribution >= 4 is 5.97 Å². The van der Waals surface area contributed by atoms with Gasteiger partial charge < -0.3 is 9.67 Å². The molecule has 3 atom stereocenters. The van der Waals surface area contributed by atoms with Gasteiger partial charge in [-0.05, 0) is 31.6 Å². The number of rotatable bonds is 3. The van der Waals surface area contributed by atoms with E-state index < -0.39 is 5.97 Å². The summed E-state index contributed by atoms with van der Waals surface area (Å²) in [6.45, 7) is 2.14. The van der Waals surface area contributed by atoms with E-state index in [9.17, 15) is 9.90 Å². The molecule has 2 aliphatic carbocycles. The molecular formula is C15H23N3O2. The molecular weight excluding hydrogens is 254 g/mol. The summed E-state index contributed by atoms with van der Waals surface area (Å²) >= 11 is 0. The molecule has 20 heavy (non-hydrogen) atoms. The van der Waals surface area contributed by atoms with E-state index in [-0.39, 0.29) is 11.8 Å². The third-order valence-corrected chi connectivity index (χ3v) is 5.02. The van der Waals surface area contributed by atoms with Crippen LogP contribution in [0.3, 0.4) is 0 Å². The van der Waals surface area contributed by atoms with Crippen molar-refractivity contribution in [3.8, 4) is 0 Å². The molecule has 0 saturated heterocycles. The lowest BCUT2D eigenvalue weighted by molar-refractivity contribution is -0.142. The van der Waals surface area contributed by atoms with Crippen LogP contribution in [0, 0.1) is 11.8 Å². The zero-order valence-corrected chi connectivity index (χ0v) is 12.0. The first-order chi connectivity index (χ1) is 9.66. The smallest absolute Gasteiger partial charge is 0.307 e. The number of carboxylic acids is 1. The van der Waals surface area contributed by atoms with Crippen molar-refractivity contribution in [1.82, 2.24) is 14.8 Å². The van der Waals surface area contributed by atoms with Crippen LogP contribution >= 0.6 is 0 Å². The van der Waals surface area contributed by atoms with Gasteiger partial charge in [0.15, 0.2) is 0 Å². The Hall–Kier alpha value is -1.39. The fourth-order valence-corrected chi connectivity index (χ4v) is 4.01. The van der Waals surface area contributed by atoms with Crippen molar-refractivity contribution < 1.29 is 9.90 Å². The molecule has 0 aliphatic heterocycles. The van der Waals surface area contributed by atoms with Crippen LogP contribution in [-0.2, 0) is 4.79 Å². The Morgan fingerprint density at radius 2 is 2.05 bits per heavy atom. The lowest BCUT2D eigenvalue weighted by Crippen LogP contribution is -2.22. The monoisotopic (exact) mass is 277 g/mol. The van der Waals surface area contributed by atoms with Crippen molar-refractivity contribution in [1.29, 1.82) is 0 Å². The van der Waals surface area contributed by atoms with Crippen molar-refractivity contribution in [3.05, 3.63) is 12.2 Å². The van der Waals surface area contributed by atoms with E-state index in [1.807, 2.05) is 6.33 Å². The van der Waals surface area contributed by atoms with Gasteiger partial charge in [0.25, 0.3) is 0 Å². The number of carboxylic acid groups (broad SMARTS) is 1. The Balaban J connectivity index is 1.86. The van der Waals surface area contributed by atoms with Crippen LogP contribution in [0.4, 0.5) is 0 Å². The molecule has 3 unspecified atom stereocenters. The molecule has 1 heterocycles. The van der Waals surface area contributed by atoms with E-state index in [0.717, 1.165) is 18.7 Å². The lowest BCUT2D eigenvalue weighted by Gasteiger charge is -2.26. The largest absolute Gasteiger partial charge is 0.481 e. The summed E-state index contributed by atoms with van der Waals surface area (Å²) in [5.74, 6) is 0.423. The Labute approximate surface area is 119 Å². The van der Waals surface area contributed by atoms with Gasteiger partial charge in [-0.2, -0.15) is 0 Å². The van der Waals surface area contributed by atoms with Crippen molar-refractivity contribution in [2.75, 3.05) is 0 Å². The highest BCUT2D eigenvalue weighted by Gasteiger charge is 2.41. The second-order valence-corrected chi connectivity index (χ2v) is 6.52. The van der Waals surface area contributed by atoms with Crippen LogP contribution in [-0.4, -0.2) is 25.8 Å². The van der Waals surface area contributed by atoms with E-state index >= 15 is 0 Å². The average Bonchev–Trinajstić information content (AvgIpc) is 3.05. The normalized spacial score (nSPS) is 31.6. The van der Waals surface area contributed by atoms with Crippen LogP contribution in [0.1, 0.15) is 69.7 Å². The molecule has 2 aliphatic rings. The first-order valence-corrected chi connectivity index (χ1v) is 7.79. The molecule has 5 nitrogen and oxygen atoms in total. The molecule has 0 radical (unpaired) electrons. The summed E-state index contributed by atoms with van der Waals surface area (Å²) in [4.78, 5) is 11.5. The first kappa shape index (κ1) is 13.6. The fourth-order valence-electron chi connectivity index (χ4n) is 4.01. The highest BCUT2D eigenvalue weighted by atomic mass is 16.4. The zero-order chi connectivity index (χ0) is 14.1. The molecule has 2 fully saturated rings. The molecule has 1 aromatic heterocycles. The van der Waals surface area contributed by atoms with Gasteiger partial charge in [-0.3, -0.25) is 4.79 Å². The highest BCUT2D eigenvalue weighted by molar-refractivity contribution is 5.71. The number of carbonyl (C=O) groups is 1. The average molecular weight is 277 g/mol. The van der Waals surface area contributed by atoms with Crippen LogP contribution in [0.25, 0.3) is 0 Å². The van der Waals surface area contributed by atoms with Crippen LogP contribution < -0.4 is 0 Å². The van der Waals surface area contributed by atoms with Gasteiger partial charge in [-0.1, -0.05) is 26.2 Å². The molecule has 1 N–H and O–H groups in total. The summed E-state index contributed by atoms with van der Waals surface area (Å²) in [5, 5.41) is 17.8. The Morgan fingerprint density at radius 1 is 1.30 bits per heavy atom. The van der Waals surface area contributed by atoms with E-state index in [1.54, 1.807) is 0 Å². The van der Waals surface area contributed by atoms with E-state index in [2.05, 4.69) is 21.7 Å². The standard InChI is InChI=1S/C15H23N3O2/c1-10-7-12(13(8-10)15(19)20)14-17-16-9-18(14)11-5-3-2-4-6-11/h9-13H,2-8H2,1H3,(H,19,20). The molecule has 110 valence electrons. The van der Waals surface area contributed by atoms with E-state index in [1.165, 1.54) is 32.1 Å². The number of nitrogens with zero attached hydrogens (tertiary/aromatic N) is 3. The molecule has 5 heteroatoms. The minimum absolute atomic E-state index is 0.0342. The summed E-state index contributed by atoms with van der Waals surface area (Å²) in [7, 11) is 0. The second-order valence-electron chi connectivity index (χ2n) is 6.52. The minimum atomic E-state index is -0.683. The first-order valence-electron chi connectivity index (χ1n) is 7.79. The molecule has 1 aromatic rings. The summed E-state index contributed by atoms with van der Waals surface area (Å²) in [6.07, 6.45) is 9.66. The third kappa shape index (κ3) is 2.45. The molecule has 2 saturated carbocycles. The Morgan fingerprint density at radius 3 is 2.75 bits per heavy atom. The molecule has 0 aromatic carbocycles. The topological polar surface area (TPSA) is 68.0 Å².